The van der Waals surface area contributed by atoms with Gasteiger partial charge in [-0.25, -0.2) is 9.37 Å². The van der Waals surface area contributed by atoms with Crippen LogP contribution >= 0.6 is 0 Å². The third-order valence-electron chi connectivity index (χ3n) is 9.62. The van der Waals surface area contributed by atoms with Crippen molar-refractivity contribution in [3.05, 3.63) is 76.7 Å². The lowest BCUT2D eigenvalue weighted by atomic mass is 9.82. The van der Waals surface area contributed by atoms with Crippen LogP contribution in [0.5, 0.6) is 11.6 Å². The van der Waals surface area contributed by atoms with E-state index in [0.717, 1.165) is 72.3 Å². The summed E-state index contributed by atoms with van der Waals surface area (Å²) in [6, 6.07) is 14.7. The average molecular weight is 573 g/mol. The number of carbonyl (C=O) groups is 1. The Balaban J connectivity index is 1.32. The predicted molar refractivity (Wildman–Crippen MR) is 160 cm³/mol. The Kier molecular flexibility index (Phi) is 8.22. The van der Waals surface area contributed by atoms with E-state index in [1.54, 1.807) is 13.2 Å². The van der Waals surface area contributed by atoms with Gasteiger partial charge in [0.2, 0.25) is 5.88 Å². The first-order valence-corrected chi connectivity index (χ1v) is 15.4. The first-order chi connectivity index (χ1) is 20.3. The van der Waals surface area contributed by atoms with Crippen molar-refractivity contribution in [2.45, 2.75) is 83.4 Å². The number of rotatable bonds is 9. The number of pyridine rings is 1. The summed E-state index contributed by atoms with van der Waals surface area (Å²) in [7, 11) is 1.54. The Hall–Kier alpha value is -3.45. The minimum atomic E-state index is -0.748. The molecule has 0 bridgehead atoms. The molecule has 3 heterocycles. The molecule has 2 aliphatic heterocycles. The van der Waals surface area contributed by atoms with Gasteiger partial charge in [-0.05, 0) is 97.7 Å². The largest absolute Gasteiger partial charge is 0.485 e. The molecule has 0 unspecified atom stereocenters. The van der Waals surface area contributed by atoms with Crippen LogP contribution in [0.25, 0.3) is 11.1 Å². The molecule has 1 aromatic heterocycles. The maximum Gasteiger partial charge on any atom is 0.306 e. The zero-order chi connectivity index (χ0) is 29.4. The van der Waals surface area contributed by atoms with Crippen LogP contribution < -0.4 is 9.47 Å². The molecule has 3 aromatic rings. The van der Waals surface area contributed by atoms with E-state index >= 15 is 4.39 Å². The van der Waals surface area contributed by atoms with Crippen LogP contribution in [0.15, 0.2) is 48.7 Å². The summed E-state index contributed by atoms with van der Waals surface area (Å²) >= 11 is 0. The van der Waals surface area contributed by atoms with Gasteiger partial charge in [0.25, 0.3) is 0 Å². The minimum absolute atomic E-state index is 0.00134. The number of hydrogen-bond donors (Lipinski definition) is 1. The number of benzene rings is 2. The summed E-state index contributed by atoms with van der Waals surface area (Å²) in [5, 5.41) is 9.76. The molecule has 6 rings (SSSR count). The SMILES string of the molecule is COc1cc(-c2ccc([C@H]3CCc4ccc([C@H](C5CC5)[C@H](C)C(=O)O)cc4O3)cc2CN2CCCC[C@@H]2C)c(F)cn1. The van der Waals surface area contributed by atoms with Crippen molar-refractivity contribution in [1.29, 1.82) is 0 Å². The molecule has 1 saturated heterocycles. The number of fused-ring (bicyclic) bond motifs is 1. The first-order valence-electron chi connectivity index (χ1n) is 15.4. The maximum atomic E-state index is 15.1. The van der Waals surface area contributed by atoms with Crippen molar-refractivity contribution in [2.75, 3.05) is 13.7 Å². The second kappa shape index (κ2) is 12.0. The molecule has 3 aliphatic rings. The second-order valence-corrected chi connectivity index (χ2v) is 12.4. The fourth-order valence-electron chi connectivity index (χ4n) is 6.96. The van der Waals surface area contributed by atoms with Crippen LogP contribution in [0.2, 0.25) is 0 Å². The number of aryl methyl sites for hydroxylation is 1. The third kappa shape index (κ3) is 5.89. The van der Waals surface area contributed by atoms with Crippen LogP contribution in [0.4, 0.5) is 4.39 Å². The number of carboxylic acids is 1. The standard InChI is InChI=1S/C35H41FN2O4/c1-21-6-4-5-15-38(21)20-27-16-25(11-13-28(27)29-18-33(41-3)37-19-30(29)36)31-14-12-23-7-10-26(17-32(23)42-31)34(24-8-9-24)22(2)35(39)40/h7,10-11,13,16-19,21-22,24,31,34H,4-6,8-9,12,14-15,20H2,1-3H3,(H,39,40)/t21-,22-,31+,34-/m0/s1. The van der Waals surface area contributed by atoms with Gasteiger partial charge in [-0.15, -0.1) is 0 Å². The van der Waals surface area contributed by atoms with Gasteiger partial charge >= 0.3 is 5.97 Å². The quantitative estimate of drug-likeness (QED) is 0.285. The molecule has 0 amide bonds. The van der Waals surface area contributed by atoms with Crippen molar-refractivity contribution < 1.29 is 23.8 Å². The van der Waals surface area contributed by atoms with Crippen LogP contribution in [0.3, 0.4) is 0 Å². The van der Waals surface area contributed by atoms with E-state index in [9.17, 15) is 9.90 Å². The highest BCUT2D eigenvalue weighted by molar-refractivity contribution is 5.71. The van der Waals surface area contributed by atoms with E-state index in [1.807, 2.05) is 13.0 Å². The molecule has 2 fully saturated rings. The van der Waals surface area contributed by atoms with Crippen molar-refractivity contribution in [3.8, 4) is 22.8 Å². The van der Waals surface area contributed by atoms with Gasteiger partial charge < -0.3 is 14.6 Å². The van der Waals surface area contributed by atoms with E-state index in [1.165, 1.54) is 25.5 Å². The Labute approximate surface area is 247 Å². The van der Waals surface area contributed by atoms with Crippen molar-refractivity contribution in [1.82, 2.24) is 9.88 Å². The lowest BCUT2D eigenvalue weighted by molar-refractivity contribution is -0.142. The lowest BCUT2D eigenvalue weighted by Crippen LogP contribution is -2.36. The summed E-state index contributed by atoms with van der Waals surface area (Å²) in [6.45, 7) is 5.86. The molecule has 4 atom stereocenters. The molecule has 42 heavy (non-hydrogen) atoms. The first kappa shape index (κ1) is 28.7. The normalized spacial score (nSPS) is 22.1. The number of ether oxygens (including phenoxy) is 2. The highest BCUT2D eigenvalue weighted by Gasteiger charge is 2.39. The Bertz CT molecular complexity index is 1450. The Morgan fingerprint density at radius 3 is 2.69 bits per heavy atom. The average Bonchev–Trinajstić information content (AvgIpc) is 3.83. The summed E-state index contributed by atoms with van der Waals surface area (Å²) in [6.07, 6.45) is 8.57. The molecule has 1 aliphatic carbocycles. The topological polar surface area (TPSA) is 71.9 Å². The summed E-state index contributed by atoms with van der Waals surface area (Å²) in [5.41, 5.74) is 5.71. The van der Waals surface area contributed by atoms with Crippen LogP contribution in [0.1, 0.15) is 86.6 Å². The highest BCUT2D eigenvalue weighted by Crippen LogP contribution is 2.48. The molecule has 7 heteroatoms. The number of halogens is 1. The molecule has 2 aromatic carbocycles. The van der Waals surface area contributed by atoms with Crippen molar-refractivity contribution in [2.24, 2.45) is 11.8 Å². The smallest absolute Gasteiger partial charge is 0.306 e. The van der Waals surface area contributed by atoms with Gasteiger partial charge in [-0.3, -0.25) is 9.69 Å². The number of nitrogens with zero attached hydrogens (tertiary/aromatic N) is 2. The summed E-state index contributed by atoms with van der Waals surface area (Å²) in [4.78, 5) is 18.4. The molecule has 1 saturated carbocycles. The molecule has 222 valence electrons. The molecular formula is C35H41FN2O4. The number of hydrogen-bond acceptors (Lipinski definition) is 5. The summed E-state index contributed by atoms with van der Waals surface area (Å²) < 4.78 is 27.1. The number of piperidine rings is 1. The van der Waals surface area contributed by atoms with E-state index in [2.05, 4.69) is 47.1 Å². The second-order valence-electron chi connectivity index (χ2n) is 12.4. The maximum absolute atomic E-state index is 15.1. The van der Waals surface area contributed by atoms with Gasteiger partial charge in [0.1, 0.15) is 17.7 Å². The van der Waals surface area contributed by atoms with E-state index < -0.39 is 11.9 Å². The number of methoxy groups -OCH3 is 1. The Morgan fingerprint density at radius 2 is 1.95 bits per heavy atom. The number of carboxylic acid groups (broad SMARTS) is 1. The fraction of sp³-hybridized carbons (Fsp3) is 0.486. The number of aliphatic carboxylic acids is 1. The van der Waals surface area contributed by atoms with E-state index in [-0.39, 0.29) is 17.8 Å². The molecule has 6 nitrogen and oxygen atoms in total. The zero-order valence-electron chi connectivity index (χ0n) is 24.8. The van der Waals surface area contributed by atoms with E-state index in [0.29, 0.717) is 23.4 Å². The van der Waals surface area contributed by atoms with Gasteiger partial charge in [-0.1, -0.05) is 43.7 Å². The zero-order valence-corrected chi connectivity index (χ0v) is 24.8. The fourth-order valence-corrected chi connectivity index (χ4v) is 6.96. The van der Waals surface area contributed by atoms with Crippen molar-refractivity contribution in [3.63, 3.8) is 0 Å². The monoisotopic (exact) mass is 572 g/mol. The molecular weight excluding hydrogens is 531 g/mol. The minimum Gasteiger partial charge on any atom is -0.485 e. The van der Waals surface area contributed by atoms with Gasteiger partial charge in [0.15, 0.2) is 0 Å². The lowest BCUT2D eigenvalue weighted by Gasteiger charge is -2.34. The predicted octanol–water partition coefficient (Wildman–Crippen LogP) is 7.55. The molecule has 1 N–H and O–H groups in total. The van der Waals surface area contributed by atoms with Gasteiger partial charge in [-0.2, -0.15) is 0 Å². The van der Waals surface area contributed by atoms with Crippen LogP contribution in [0, 0.1) is 17.7 Å². The van der Waals surface area contributed by atoms with Crippen molar-refractivity contribution >= 4 is 5.97 Å². The highest BCUT2D eigenvalue weighted by atomic mass is 19.1. The van der Waals surface area contributed by atoms with Crippen LogP contribution in [-0.2, 0) is 17.8 Å². The summed E-state index contributed by atoms with van der Waals surface area (Å²) in [5.74, 6) is 0.114. The molecule has 0 spiro atoms. The van der Waals surface area contributed by atoms with E-state index in [4.69, 9.17) is 9.47 Å². The van der Waals surface area contributed by atoms with Crippen LogP contribution in [-0.4, -0.2) is 40.7 Å². The number of aromatic nitrogens is 1. The van der Waals surface area contributed by atoms with Gasteiger partial charge in [0, 0.05) is 24.2 Å². The third-order valence-corrected chi connectivity index (χ3v) is 9.62. The van der Waals surface area contributed by atoms with Gasteiger partial charge in [0.05, 0.1) is 19.2 Å². The number of likely N-dealkylation sites (tertiary alicyclic amines) is 1. The Morgan fingerprint density at radius 1 is 1.12 bits per heavy atom. The molecule has 0 radical (unpaired) electrons.